The van der Waals surface area contributed by atoms with Crippen LogP contribution in [0.15, 0.2) is 24.4 Å². The fourth-order valence-electron chi connectivity index (χ4n) is 1.42. The molecular weight excluding hydrogens is 398 g/mol. The Labute approximate surface area is 126 Å². The van der Waals surface area contributed by atoms with E-state index in [0.717, 1.165) is 0 Å². The van der Waals surface area contributed by atoms with Gasteiger partial charge < -0.3 is 0 Å². The van der Waals surface area contributed by atoms with Gasteiger partial charge in [-0.3, -0.25) is 0 Å². The fourth-order valence-corrected chi connectivity index (χ4v) is 3.08. The van der Waals surface area contributed by atoms with Crippen molar-refractivity contribution in [2.24, 2.45) is 0 Å². The molecule has 0 N–H and O–H groups in total. The van der Waals surface area contributed by atoms with Crippen LogP contribution in [0.5, 0.6) is 0 Å². The zero-order valence-corrected chi connectivity index (χ0v) is 12.6. The summed E-state index contributed by atoms with van der Waals surface area (Å²) in [6, 6.07) is 4.72. The molecule has 0 aliphatic rings. The summed E-state index contributed by atoms with van der Waals surface area (Å²) in [6.07, 6.45) is 1.39. The van der Waals surface area contributed by atoms with Gasteiger partial charge >= 0.3 is 0 Å². The summed E-state index contributed by atoms with van der Waals surface area (Å²) < 4.78 is 14.4. The maximum absolute atomic E-state index is 13.7. The van der Waals surface area contributed by atoms with Crippen LogP contribution in [0, 0.1) is 9.52 Å². The molecule has 1 aromatic heterocycles. The van der Waals surface area contributed by atoms with Gasteiger partial charge in [0.25, 0.3) is 0 Å². The number of nitrogens with zero attached hydrogens (tertiary/aromatic N) is 1. The predicted octanol–water partition coefficient (Wildman–Crippen LogP) is 5.45. The van der Waals surface area contributed by atoms with E-state index in [1.807, 2.05) is 22.6 Å². The van der Waals surface area contributed by atoms with Gasteiger partial charge in [-0.15, -0.1) is 0 Å². The van der Waals surface area contributed by atoms with Crippen molar-refractivity contribution in [3.63, 3.8) is 0 Å². The molecule has 0 atom stereocenters. The highest BCUT2D eigenvalue weighted by atomic mass is 127. The largest absolute Gasteiger partial charge is 0.228 e. The summed E-state index contributed by atoms with van der Waals surface area (Å²) in [5, 5.41) is 1.00. The zero-order chi connectivity index (χ0) is 12.6. The molecule has 0 saturated carbocycles. The monoisotopic (exact) mass is 401 g/mol. The van der Waals surface area contributed by atoms with Crippen molar-refractivity contribution in [2.45, 2.75) is 0 Å². The van der Waals surface area contributed by atoms with Crippen molar-refractivity contribution >= 4 is 57.4 Å². The normalized spacial score (nSPS) is 10.6. The Kier molecular flexibility index (Phi) is 4.13. The van der Waals surface area contributed by atoms with Gasteiger partial charge in [0.15, 0.2) is 0 Å². The number of pyridine rings is 1. The molecule has 0 saturated heterocycles. The average Bonchev–Trinajstić information content (AvgIpc) is 2.21. The van der Waals surface area contributed by atoms with Gasteiger partial charge in [-0.2, -0.15) is 4.39 Å². The lowest BCUT2D eigenvalue weighted by molar-refractivity contribution is 0.586. The SMILES string of the molecule is Fc1nccc(I)c1-c1c(Cl)cc(Cl)cc1Cl. The maximum Gasteiger partial charge on any atom is 0.221 e. The van der Waals surface area contributed by atoms with Crippen LogP contribution in [-0.4, -0.2) is 4.98 Å². The highest BCUT2D eigenvalue weighted by Crippen LogP contribution is 2.39. The van der Waals surface area contributed by atoms with Crippen LogP contribution in [0.4, 0.5) is 4.39 Å². The van der Waals surface area contributed by atoms with Crippen molar-refractivity contribution in [2.75, 3.05) is 0 Å². The van der Waals surface area contributed by atoms with Gasteiger partial charge in [0.2, 0.25) is 5.95 Å². The lowest BCUT2D eigenvalue weighted by Crippen LogP contribution is -1.94. The molecule has 0 aliphatic carbocycles. The molecule has 0 aliphatic heterocycles. The molecule has 17 heavy (non-hydrogen) atoms. The molecule has 2 aromatic rings. The van der Waals surface area contributed by atoms with Crippen molar-refractivity contribution in [3.05, 3.63) is 49.0 Å². The summed E-state index contributed by atoms with van der Waals surface area (Å²) in [4.78, 5) is 3.60. The minimum atomic E-state index is -0.608. The Morgan fingerprint density at radius 1 is 1.06 bits per heavy atom. The van der Waals surface area contributed by atoms with Crippen LogP contribution in [0.2, 0.25) is 15.1 Å². The molecule has 0 amide bonds. The predicted molar refractivity (Wildman–Crippen MR) is 77.4 cm³/mol. The maximum atomic E-state index is 13.7. The molecule has 0 spiro atoms. The van der Waals surface area contributed by atoms with E-state index in [-0.39, 0.29) is 0 Å². The zero-order valence-electron chi connectivity index (χ0n) is 8.15. The molecule has 1 nitrogen and oxygen atoms in total. The Bertz CT molecular complexity index is 546. The summed E-state index contributed by atoms with van der Waals surface area (Å²) in [6.45, 7) is 0. The topological polar surface area (TPSA) is 12.9 Å². The molecule has 0 bridgehead atoms. The van der Waals surface area contributed by atoms with Crippen LogP contribution in [-0.2, 0) is 0 Å². The van der Waals surface area contributed by atoms with Crippen LogP contribution < -0.4 is 0 Å². The van der Waals surface area contributed by atoms with E-state index in [0.29, 0.717) is 29.8 Å². The van der Waals surface area contributed by atoms with Crippen LogP contribution in [0.3, 0.4) is 0 Å². The minimum Gasteiger partial charge on any atom is -0.228 e. The van der Waals surface area contributed by atoms with Crippen LogP contribution in [0.25, 0.3) is 11.1 Å². The van der Waals surface area contributed by atoms with Gasteiger partial charge in [-0.1, -0.05) is 34.8 Å². The van der Waals surface area contributed by atoms with Gasteiger partial charge in [0, 0.05) is 20.4 Å². The molecule has 0 fully saturated rings. The first kappa shape index (κ1) is 13.3. The number of halogens is 5. The highest BCUT2D eigenvalue weighted by molar-refractivity contribution is 14.1. The summed E-state index contributed by atoms with van der Waals surface area (Å²) in [5.41, 5.74) is 0.701. The van der Waals surface area contributed by atoms with E-state index in [2.05, 4.69) is 4.98 Å². The van der Waals surface area contributed by atoms with E-state index < -0.39 is 5.95 Å². The van der Waals surface area contributed by atoms with Crippen molar-refractivity contribution in [3.8, 4) is 11.1 Å². The third kappa shape index (κ3) is 2.67. The second kappa shape index (κ2) is 5.26. The average molecular weight is 402 g/mol. The van der Waals surface area contributed by atoms with Crippen molar-refractivity contribution in [1.29, 1.82) is 0 Å². The first-order valence-corrected chi connectivity index (χ1v) is 6.67. The summed E-state index contributed by atoms with van der Waals surface area (Å²) in [5.74, 6) is -0.608. The summed E-state index contributed by atoms with van der Waals surface area (Å²) in [7, 11) is 0. The van der Waals surface area contributed by atoms with Gasteiger partial charge in [0.1, 0.15) is 0 Å². The smallest absolute Gasteiger partial charge is 0.221 e. The fraction of sp³-hybridized carbons (Fsp3) is 0. The van der Waals surface area contributed by atoms with E-state index in [1.54, 1.807) is 6.07 Å². The number of rotatable bonds is 1. The van der Waals surface area contributed by atoms with E-state index in [1.165, 1.54) is 18.3 Å². The first-order valence-electron chi connectivity index (χ1n) is 4.45. The number of hydrogen-bond acceptors (Lipinski definition) is 1. The second-order valence-corrected chi connectivity index (χ2v) is 5.62. The second-order valence-electron chi connectivity index (χ2n) is 3.20. The lowest BCUT2D eigenvalue weighted by atomic mass is 10.1. The number of aromatic nitrogens is 1. The highest BCUT2D eigenvalue weighted by Gasteiger charge is 2.17. The van der Waals surface area contributed by atoms with Gasteiger partial charge in [0.05, 0.1) is 15.6 Å². The first-order chi connectivity index (χ1) is 8.00. The van der Waals surface area contributed by atoms with Gasteiger partial charge in [-0.05, 0) is 40.8 Å². The van der Waals surface area contributed by atoms with Crippen molar-refractivity contribution in [1.82, 2.24) is 4.98 Å². The standard InChI is InChI=1S/C11H4Cl3FIN/c12-5-3-6(13)9(7(14)4-5)10-8(16)1-2-17-11(10)15/h1-4H. The molecule has 6 heteroatoms. The third-order valence-electron chi connectivity index (χ3n) is 2.11. The molecule has 0 unspecified atom stereocenters. The van der Waals surface area contributed by atoms with E-state index in [9.17, 15) is 4.39 Å². The molecule has 2 rings (SSSR count). The molecule has 1 aromatic carbocycles. The van der Waals surface area contributed by atoms with Crippen LogP contribution in [0.1, 0.15) is 0 Å². The Morgan fingerprint density at radius 2 is 1.65 bits per heavy atom. The Morgan fingerprint density at radius 3 is 2.18 bits per heavy atom. The van der Waals surface area contributed by atoms with E-state index >= 15 is 0 Å². The molecule has 1 heterocycles. The quantitative estimate of drug-likeness (QED) is 0.456. The molecule has 88 valence electrons. The van der Waals surface area contributed by atoms with Gasteiger partial charge in [-0.25, -0.2) is 4.98 Å². The third-order valence-corrected chi connectivity index (χ3v) is 3.82. The van der Waals surface area contributed by atoms with Crippen LogP contribution >= 0.6 is 57.4 Å². The Balaban J connectivity index is 2.77. The minimum absolute atomic E-state index is 0.291. The number of hydrogen-bond donors (Lipinski definition) is 0. The Hall–Kier alpha value is -0.100. The number of benzene rings is 1. The summed E-state index contributed by atoms with van der Waals surface area (Å²) >= 11 is 19.9. The van der Waals surface area contributed by atoms with E-state index in [4.69, 9.17) is 34.8 Å². The van der Waals surface area contributed by atoms with Crippen molar-refractivity contribution < 1.29 is 4.39 Å². The molecular formula is C11H4Cl3FIN. The molecule has 0 radical (unpaired) electrons. The lowest BCUT2D eigenvalue weighted by Gasteiger charge is -2.10.